The zero-order valence-corrected chi connectivity index (χ0v) is 12.9. The summed E-state index contributed by atoms with van der Waals surface area (Å²) in [6, 6.07) is 0. The molecule has 0 bridgehead atoms. The molecule has 0 fully saturated rings. The van der Waals surface area contributed by atoms with Gasteiger partial charge in [-0.1, -0.05) is 25.2 Å². The van der Waals surface area contributed by atoms with Crippen molar-refractivity contribution in [1.82, 2.24) is 0 Å². The second kappa shape index (κ2) is 6.03. The Morgan fingerprint density at radius 1 is 0.778 bits per heavy atom. The lowest BCUT2D eigenvalue weighted by atomic mass is 9.65. The van der Waals surface area contributed by atoms with Gasteiger partial charge in [-0.3, -0.25) is 0 Å². The number of aliphatic hydroxyl groups is 2. The quantitative estimate of drug-likeness (QED) is 0.646. The third-order valence-corrected chi connectivity index (χ3v) is 4.16. The molecule has 0 aromatic heterocycles. The summed E-state index contributed by atoms with van der Waals surface area (Å²) < 4.78 is 158. The van der Waals surface area contributed by atoms with Gasteiger partial charge in [0.05, 0.1) is 0 Å². The van der Waals surface area contributed by atoms with Gasteiger partial charge >= 0.3 is 35.9 Å². The SMILES string of the molecule is CC1(C(F)(C(O)(F)F)C(F)(F)F)C=CC=C(C(F)(C(O)(F)F)C(F)(F)F)C1. The molecule has 3 unspecified atom stereocenters. The molecule has 27 heavy (non-hydrogen) atoms. The van der Waals surface area contributed by atoms with Crippen LogP contribution in [0.4, 0.5) is 52.7 Å². The summed E-state index contributed by atoms with van der Waals surface area (Å²) in [6.45, 7) is -0.0829. The zero-order chi connectivity index (χ0) is 21.9. The molecule has 14 heteroatoms. The van der Waals surface area contributed by atoms with Crippen LogP contribution in [0.2, 0.25) is 0 Å². The zero-order valence-electron chi connectivity index (χ0n) is 12.9. The van der Waals surface area contributed by atoms with E-state index in [0.29, 0.717) is 0 Å². The second-order valence-corrected chi connectivity index (χ2v) is 6.04. The largest absolute Gasteiger partial charge is 0.435 e. The Kier molecular flexibility index (Phi) is 5.27. The van der Waals surface area contributed by atoms with Gasteiger partial charge in [-0.25, -0.2) is 8.78 Å². The second-order valence-electron chi connectivity index (χ2n) is 6.04. The highest BCUT2D eigenvalue weighted by Crippen LogP contribution is 2.61. The van der Waals surface area contributed by atoms with Gasteiger partial charge in [0, 0.05) is 5.41 Å². The van der Waals surface area contributed by atoms with Gasteiger partial charge in [0.1, 0.15) is 0 Å². The molecule has 1 rings (SSSR count). The van der Waals surface area contributed by atoms with Crippen molar-refractivity contribution in [1.29, 1.82) is 0 Å². The summed E-state index contributed by atoms with van der Waals surface area (Å²) in [7, 11) is 0. The summed E-state index contributed by atoms with van der Waals surface area (Å²) >= 11 is 0. The highest BCUT2D eigenvalue weighted by atomic mass is 19.4. The molecule has 0 spiro atoms. The maximum atomic E-state index is 14.4. The van der Waals surface area contributed by atoms with Gasteiger partial charge in [0.2, 0.25) is 0 Å². The number of hydrogen-bond donors (Lipinski definition) is 2. The molecule has 0 heterocycles. The van der Waals surface area contributed by atoms with Crippen molar-refractivity contribution < 1.29 is 62.9 Å². The molecule has 0 aliphatic heterocycles. The molecular formula is C13H10F12O2. The number of hydrogen-bond acceptors (Lipinski definition) is 2. The maximum Gasteiger partial charge on any atom is 0.435 e. The van der Waals surface area contributed by atoms with E-state index in [0.717, 1.165) is 0 Å². The van der Waals surface area contributed by atoms with Crippen LogP contribution in [-0.2, 0) is 0 Å². The molecule has 3 atom stereocenters. The first-order valence-corrected chi connectivity index (χ1v) is 6.67. The Bertz CT molecular complexity index is 606. The first-order chi connectivity index (χ1) is 11.6. The van der Waals surface area contributed by atoms with Gasteiger partial charge in [-0.05, 0) is 12.0 Å². The molecule has 0 saturated carbocycles. The fraction of sp³-hybridized carbons (Fsp3) is 0.692. The summed E-state index contributed by atoms with van der Waals surface area (Å²) in [6.07, 6.45) is -28.3. The molecule has 0 amide bonds. The average Bonchev–Trinajstić information content (AvgIpc) is 2.40. The number of halogens is 12. The van der Waals surface area contributed by atoms with E-state index in [9.17, 15) is 52.7 Å². The number of allylic oxidation sites excluding steroid dienone is 3. The lowest BCUT2D eigenvalue weighted by Gasteiger charge is -2.46. The predicted octanol–water partition coefficient (Wildman–Crippen LogP) is 4.59. The molecule has 0 radical (unpaired) electrons. The van der Waals surface area contributed by atoms with Crippen molar-refractivity contribution in [3.63, 3.8) is 0 Å². The molecule has 2 nitrogen and oxygen atoms in total. The predicted molar refractivity (Wildman–Crippen MR) is 64.1 cm³/mol. The first-order valence-electron chi connectivity index (χ1n) is 6.67. The van der Waals surface area contributed by atoms with Crippen LogP contribution < -0.4 is 0 Å². The lowest BCUT2D eigenvalue weighted by Crippen LogP contribution is -2.65. The minimum atomic E-state index is -6.62. The Hall–Kier alpha value is -1.44. The topological polar surface area (TPSA) is 40.5 Å². The van der Waals surface area contributed by atoms with Crippen LogP contribution in [-0.4, -0.2) is 46.1 Å². The highest BCUT2D eigenvalue weighted by molar-refractivity contribution is 5.36. The van der Waals surface area contributed by atoms with Crippen molar-refractivity contribution in [2.24, 2.45) is 5.41 Å². The summed E-state index contributed by atoms with van der Waals surface area (Å²) in [5, 5.41) is 16.7. The molecule has 1 aliphatic rings. The minimum Gasteiger partial charge on any atom is -0.333 e. The third-order valence-electron chi connectivity index (χ3n) is 4.16. The Morgan fingerprint density at radius 2 is 1.22 bits per heavy atom. The summed E-state index contributed by atoms with van der Waals surface area (Å²) in [5.74, 6) is 0. The van der Waals surface area contributed by atoms with Gasteiger partial charge in [-0.2, -0.15) is 43.9 Å². The Morgan fingerprint density at radius 3 is 1.52 bits per heavy atom. The van der Waals surface area contributed by atoms with Crippen molar-refractivity contribution in [2.75, 3.05) is 0 Å². The monoisotopic (exact) mass is 426 g/mol. The van der Waals surface area contributed by atoms with Crippen molar-refractivity contribution in [2.45, 2.75) is 49.3 Å². The smallest absolute Gasteiger partial charge is 0.333 e. The Balaban J connectivity index is 3.65. The normalized spacial score (nSPS) is 27.0. The molecule has 0 aromatic carbocycles. The molecular weight excluding hydrogens is 416 g/mol. The van der Waals surface area contributed by atoms with Crippen molar-refractivity contribution >= 4 is 0 Å². The van der Waals surface area contributed by atoms with Gasteiger partial charge < -0.3 is 10.2 Å². The highest BCUT2D eigenvalue weighted by Gasteiger charge is 2.80. The first kappa shape index (κ1) is 23.6. The van der Waals surface area contributed by atoms with E-state index in [2.05, 4.69) is 0 Å². The average molecular weight is 426 g/mol. The van der Waals surface area contributed by atoms with Crippen LogP contribution in [0.1, 0.15) is 13.3 Å². The van der Waals surface area contributed by atoms with Gasteiger partial charge in [0.25, 0.3) is 0 Å². The van der Waals surface area contributed by atoms with Crippen molar-refractivity contribution in [3.05, 3.63) is 23.8 Å². The molecule has 1 aliphatic carbocycles. The van der Waals surface area contributed by atoms with E-state index in [1.807, 2.05) is 0 Å². The van der Waals surface area contributed by atoms with E-state index in [4.69, 9.17) is 10.2 Å². The van der Waals surface area contributed by atoms with Gasteiger partial charge in [0.15, 0.2) is 0 Å². The van der Waals surface area contributed by atoms with Crippen LogP contribution >= 0.6 is 0 Å². The number of rotatable bonds is 4. The number of alkyl halides is 12. The lowest BCUT2D eigenvalue weighted by molar-refractivity contribution is -0.394. The third kappa shape index (κ3) is 3.30. The fourth-order valence-corrected chi connectivity index (χ4v) is 2.75. The van der Waals surface area contributed by atoms with E-state index < -0.39 is 53.3 Å². The molecule has 0 aromatic rings. The minimum absolute atomic E-state index is 0.00352. The molecule has 2 N–H and O–H groups in total. The van der Waals surface area contributed by atoms with Crippen molar-refractivity contribution in [3.8, 4) is 0 Å². The van der Waals surface area contributed by atoms with E-state index in [-0.39, 0.29) is 25.2 Å². The van der Waals surface area contributed by atoms with Crippen LogP contribution in [0.5, 0.6) is 0 Å². The standard InChI is InChI=1S/C13H10F12O2/c1-7(9(15,11(19,20)21)13(24,25)27)4-2-3-6(5-7)8(14,10(16,17)18)12(22,23)26/h2-4,26-27H,5H2,1H3. The molecule has 0 saturated heterocycles. The fourth-order valence-electron chi connectivity index (χ4n) is 2.75. The van der Waals surface area contributed by atoms with Crippen LogP contribution in [0.3, 0.4) is 0 Å². The summed E-state index contributed by atoms with van der Waals surface area (Å²) in [5.41, 5.74) is -18.2. The van der Waals surface area contributed by atoms with Gasteiger partial charge in [-0.15, -0.1) is 0 Å². The van der Waals surface area contributed by atoms with Crippen LogP contribution in [0.15, 0.2) is 23.8 Å². The summed E-state index contributed by atoms with van der Waals surface area (Å²) in [4.78, 5) is 0. The van der Waals surface area contributed by atoms with Crippen LogP contribution in [0.25, 0.3) is 0 Å². The van der Waals surface area contributed by atoms with E-state index in [1.54, 1.807) is 0 Å². The van der Waals surface area contributed by atoms with Crippen LogP contribution in [0, 0.1) is 5.41 Å². The Labute approximate surface area is 142 Å². The van der Waals surface area contributed by atoms with E-state index in [1.165, 1.54) is 0 Å². The molecule has 158 valence electrons. The van der Waals surface area contributed by atoms with E-state index >= 15 is 0 Å². The maximum absolute atomic E-state index is 14.4.